The van der Waals surface area contributed by atoms with Gasteiger partial charge in [-0.25, -0.2) is 4.39 Å². The molecule has 0 fully saturated rings. The van der Waals surface area contributed by atoms with E-state index in [1.165, 1.54) is 12.1 Å². The predicted octanol–water partition coefficient (Wildman–Crippen LogP) is 3.19. The Balaban J connectivity index is 0.00000361. The quantitative estimate of drug-likeness (QED) is 0.897. The van der Waals surface area contributed by atoms with Gasteiger partial charge in [0.1, 0.15) is 5.82 Å². The lowest BCUT2D eigenvalue weighted by atomic mass is 9.82. The zero-order chi connectivity index (χ0) is 14.6. The minimum atomic E-state index is -0.279. The summed E-state index contributed by atoms with van der Waals surface area (Å²) < 4.78 is 13.0. The molecule has 3 N–H and O–H groups in total. The number of hydrogen-bond donors (Lipinski definition) is 2. The van der Waals surface area contributed by atoms with E-state index in [1.54, 1.807) is 19.1 Å². The predicted molar refractivity (Wildman–Crippen MR) is 82.3 cm³/mol. The number of carbonyl (C=O) groups excluding carboxylic acids is 1. The number of nitrogens with two attached hydrogens (primary N) is 1. The third kappa shape index (κ3) is 5.88. The Bertz CT molecular complexity index is 426. The molecule has 2 unspecified atom stereocenters. The summed E-state index contributed by atoms with van der Waals surface area (Å²) in [6, 6.07) is 5.89. The lowest BCUT2D eigenvalue weighted by molar-refractivity contribution is -0.122. The number of nitrogens with one attached hydrogen (secondary N) is 1. The highest BCUT2D eigenvalue weighted by Gasteiger charge is 2.27. The fourth-order valence-corrected chi connectivity index (χ4v) is 1.97. The van der Waals surface area contributed by atoms with Crippen LogP contribution in [-0.2, 0) is 4.79 Å². The number of benzene rings is 1. The van der Waals surface area contributed by atoms with Crippen LogP contribution in [0.25, 0.3) is 0 Å². The van der Waals surface area contributed by atoms with Crippen LogP contribution in [0.1, 0.15) is 45.7 Å². The molecule has 0 saturated carbocycles. The molecular weight excluding hydrogens is 279 g/mol. The highest BCUT2D eigenvalue weighted by atomic mass is 35.5. The Kier molecular flexibility index (Phi) is 7.17. The number of carbonyl (C=O) groups is 1. The van der Waals surface area contributed by atoms with Crippen LogP contribution in [0, 0.1) is 11.2 Å². The highest BCUT2D eigenvalue weighted by Crippen LogP contribution is 2.32. The molecule has 0 aliphatic carbocycles. The van der Waals surface area contributed by atoms with Gasteiger partial charge in [-0.15, -0.1) is 12.4 Å². The second-order valence-electron chi connectivity index (χ2n) is 6.10. The second-order valence-corrected chi connectivity index (χ2v) is 6.10. The molecule has 114 valence electrons. The first kappa shape index (κ1) is 18.9. The van der Waals surface area contributed by atoms with Crippen LogP contribution in [0.4, 0.5) is 4.39 Å². The minimum Gasteiger partial charge on any atom is -0.349 e. The van der Waals surface area contributed by atoms with Gasteiger partial charge in [0.2, 0.25) is 5.91 Å². The molecule has 1 amide bonds. The lowest BCUT2D eigenvalue weighted by Crippen LogP contribution is -2.38. The van der Waals surface area contributed by atoms with Gasteiger partial charge in [0, 0.05) is 12.5 Å². The fourth-order valence-electron chi connectivity index (χ4n) is 1.97. The first-order valence-electron chi connectivity index (χ1n) is 6.50. The summed E-state index contributed by atoms with van der Waals surface area (Å²) in [6.07, 6.45) is 0.285. The van der Waals surface area contributed by atoms with E-state index in [1.807, 2.05) is 20.8 Å². The zero-order valence-electron chi connectivity index (χ0n) is 12.4. The molecule has 0 spiro atoms. The Morgan fingerprint density at radius 2 is 1.80 bits per heavy atom. The van der Waals surface area contributed by atoms with E-state index in [0.29, 0.717) is 0 Å². The van der Waals surface area contributed by atoms with Gasteiger partial charge in [-0.05, 0) is 30.0 Å². The van der Waals surface area contributed by atoms with Gasteiger partial charge >= 0.3 is 0 Å². The van der Waals surface area contributed by atoms with Crippen LogP contribution in [0.5, 0.6) is 0 Å². The lowest BCUT2D eigenvalue weighted by Gasteiger charge is -2.32. The summed E-state index contributed by atoms with van der Waals surface area (Å²) in [4.78, 5) is 11.9. The van der Waals surface area contributed by atoms with E-state index >= 15 is 0 Å². The monoisotopic (exact) mass is 302 g/mol. The van der Waals surface area contributed by atoms with Crippen LogP contribution in [0.3, 0.4) is 0 Å². The Morgan fingerprint density at radius 1 is 1.30 bits per heavy atom. The van der Waals surface area contributed by atoms with Crippen LogP contribution in [0.2, 0.25) is 0 Å². The number of hydrogen-bond acceptors (Lipinski definition) is 2. The van der Waals surface area contributed by atoms with E-state index in [0.717, 1.165) is 5.56 Å². The molecule has 0 aliphatic heterocycles. The maximum Gasteiger partial charge on any atom is 0.222 e. The van der Waals surface area contributed by atoms with Gasteiger partial charge in [0.25, 0.3) is 0 Å². The van der Waals surface area contributed by atoms with E-state index in [9.17, 15) is 9.18 Å². The molecule has 0 saturated heterocycles. The van der Waals surface area contributed by atoms with E-state index in [4.69, 9.17) is 5.73 Å². The summed E-state index contributed by atoms with van der Waals surface area (Å²) >= 11 is 0. The molecule has 20 heavy (non-hydrogen) atoms. The average Bonchev–Trinajstić information content (AvgIpc) is 2.25. The summed E-state index contributed by atoms with van der Waals surface area (Å²) in [7, 11) is 0. The van der Waals surface area contributed by atoms with Gasteiger partial charge < -0.3 is 11.1 Å². The van der Waals surface area contributed by atoms with Crippen molar-refractivity contribution in [1.29, 1.82) is 0 Å². The molecular formula is C15H24ClFN2O. The maximum atomic E-state index is 13.0. The van der Waals surface area contributed by atoms with Crippen molar-refractivity contribution in [3.63, 3.8) is 0 Å². The van der Waals surface area contributed by atoms with Gasteiger partial charge in [0.05, 0.1) is 6.04 Å². The number of rotatable bonds is 4. The summed E-state index contributed by atoms with van der Waals surface area (Å²) in [5.74, 6) is -0.363. The average molecular weight is 303 g/mol. The molecule has 1 aromatic rings. The minimum absolute atomic E-state index is 0. The standard InChI is InChI=1S/C15H23FN2O.ClH/c1-10(17)9-13(19)18-14(15(2,3)4)11-5-7-12(16)8-6-11;/h5-8,10,14H,9,17H2,1-4H3,(H,18,19);1H. The van der Waals surface area contributed by atoms with Crippen LogP contribution in [0.15, 0.2) is 24.3 Å². The van der Waals surface area contributed by atoms with Gasteiger partial charge in [-0.3, -0.25) is 4.79 Å². The molecule has 3 nitrogen and oxygen atoms in total. The van der Waals surface area contributed by atoms with E-state index < -0.39 is 0 Å². The van der Waals surface area contributed by atoms with E-state index in [-0.39, 0.29) is 48.1 Å². The number of halogens is 2. The Morgan fingerprint density at radius 3 is 2.20 bits per heavy atom. The largest absolute Gasteiger partial charge is 0.349 e. The zero-order valence-corrected chi connectivity index (χ0v) is 13.3. The van der Waals surface area contributed by atoms with Crippen molar-refractivity contribution in [2.75, 3.05) is 0 Å². The molecule has 0 heterocycles. The third-order valence-electron chi connectivity index (χ3n) is 2.88. The van der Waals surface area contributed by atoms with Crippen molar-refractivity contribution in [1.82, 2.24) is 5.32 Å². The second kappa shape index (κ2) is 7.60. The summed E-state index contributed by atoms with van der Waals surface area (Å²) in [5, 5.41) is 2.98. The molecule has 0 aliphatic rings. The highest BCUT2D eigenvalue weighted by molar-refractivity contribution is 5.85. The van der Waals surface area contributed by atoms with Crippen molar-refractivity contribution < 1.29 is 9.18 Å². The first-order valence-corrected chi connectivity index (χ1v) is 6.50. The molecule has 5 heteroatoms. The van der Waals surface area contributed by atoms with Crippen molar-refractivity contribution >= 4 is 18.3 Å². The van der Waals surface area contributed by atoms with Crippen molar-refractivity contribution in [3.05, 3.63) is 35.6 Å². The van der Waals surface area contributed by atoms with Crippen molar-refractivity contribution in [3.8, 4) is 0 Å². The Labute approximate surface area is 126 Å². The van der Waals surface area contributed by atoms with Crippen LogP contribution >= 0.6 is 12.4 Å². The summed E-state index contributed by atoms with van der Waals surface area (Å²) in [6.45, 7) is 7.90. The molecule has 0 radical (unpaired) electrons. The normalized spacial score (nSPS) is 14.1. The fraction of sp³-hybridized carbons (Fsp3) is 0.533. The van der Waals surface area contributed by atoms with Crippen LogP contribution < -0.4 is 11.1 Å². The summed E-state index contributed by atoms with van der Waals surface area (Å²) in [5.41, 5.74) is 6.36. The smallest absolute Gasteiger partial charge is 0.222 e. The van der Waals surface area contributed by atoms with Crippen LogP contribution in [-0.4, -0.2) is 11.9 Å². The Hall–Kier alpha value is -1.13. The van der Waals surface area contributed by atoms with Gasteiger partial charge in [0.15, 0.2) is 0 Å². The first-order chi connectivity index (χ1) is 8.70. The maximum absolute atomic E-state index is 13.0. The SMILES string of the molecule is CC(N)CC(=O)NC(c1ccc(F)cc1)C(C)(C)C.Cl. The molecule has 1 rings (SSSR count). The number of amides is 1. The molecule has 1 aromatic carbocycles. The van der Waals surface area contributed by atoms with Gasteiger partial charge in [-0.2, -0.15) is 0 Å². The topological polar surface area (TPSA) is 55.1 Å². The van der Waals surface area contributed by atoms with Gasteiger partial charge in [-0.1, -0.05) is 32.9 Å². The van der Waals surface area contributed by atoms with Crippen molar-refractivity contribution in [2.45, 2.75) is 46.2 Å². The molecule has 0 aromatic heterocycles. The van der Waals surface area contributed by atoms with E-state index in [2.05, 4.69) is 5.32 Å². The third-order valence-corrected chi connectivity index (χ3v) is 2.88. The van der Waals surface area contributed by atoms with Crippen molar-refractivity contribution in [2.24, 2.45) is 11.1 Å². The molecule has 2 atom stereocenters. The molecule has 0 bridgehead atoms.